The Balaban J connectivity index is 1.78. The minimum atomic E-state index is 0.571. The topological polar surface area (TPSA) is 46.6 Å². The van der Waals surface area contributed by atoms with Crippen LogP contribution in [0.4, 0.5) is 5.82 Å². The van der Waals surface area contributed by atoms with Crippen molar-refractivity contribution < 1.29 is 0 Å². The molecule has 0 radical (unpaired) electrons. The van der Waals surface area contributed by atoms with E-state index in [0.29, 0.717) is 12.6 Å². The highest BCUT2D eigenvalue weighted by Crippen LogP contribution is 2.40. The molecule has 3 heterocycles. The predicted molar refractivity (Wildman–Crippen MR) is 78.7 cm³/mol. The Labute approximate surface area is 117 Å². The molecule has 0 amide bonds. The van der Waals surface area contributed by atoms with Gasteiger partial charge in [0.25, 0.3) is 0 Å². The van der Waals surface area contributed by atoms with Crippen molar-refractivity contribution in [1.82, 2.24) is 9.38 Å². The van der Waals surface area contributed by atoms with Gasteiger partial charge >= 0.3 is 0 Å². The van der Waals surface area contributed by atoms with Gasteiger partial charge in [0.2, 0.25) is 0 Å². The third kappa shape index (κ3) is 1.71. The fourth-order valence-corrected chi connectivity index (χ4v) is 4.69. The van der Waals surface area contributed by atoms with Gasteiger partial charge in [0.05, 0.1) is 5.69 Å². The van der Waals surface area contributed by atoms with Crippen LogP contribution in [0, 0.1) is 5.92 Å². The average Bonchev–Trinajstić information content (AvgIpc) is 3.12. The Morgan fingerprint density at radius 3 is 3.11 bits per heavy atom. The Morgan fingerprint density at radius 2 is 2.21 bits per heavy atom. The zero-order chi connectivity index (χ0) is 12.8. The Morgan fingerprint density at radius 1 is 1.32 bits per heavy atom. The number of rotatable bonds is 2. The van der Waals surface area contributed by atoms with Gasteiger partial charge in [-0.05, 0) is 31.6 Å². The molecule has 4 rings (SSSR count). The van der Waals surface area contributed by atoms with Gasteiger partial charge in [0.15, 0.2) is 10.8 Å². The number of anilines is 1. The molecule has 102 valence electrons. The summed E-state index contributed by atoms with van der Waals surface area (Å²) in [6, 6.07) is 0.712. The number of fused-ring (bicyclic) bond motifs is 2. The Hall–Kier alpha value is -1.07. The third-order valence-corrected chi connectivity index (χ3v) is 5.56. The van der Waals surface area contributed by atoms with Crippen molar-refractivity contribution in [2.24, 2.45) is 11.7 Å². The van der Waals surface area contributed by atoms with Crippen LogP contribution < -0.4 is 10.6 Å². The van der Waals surface area contributed by atoms with Gasteiger partial charge in [-0.3, -0.25) is 4.40 Å². The van der Waals surface area contributed by atoms with Crippen LogP contribution >= 0.6 is 11.3 Å². The number of aromatic nitrogens is 2. The van der Waals surface area contributed by atoms with Gasteiger partial charge in [-0.2, -0.15) is 0 Å². The summed E-state index contributed by atoms with van der Waals surface area (Å²) in [5.74, 6) is 2.05. The monoisotopic (exact) mass is 276 g/mol. The van der Waals surface area contributed by atoms with Gasteiger partial charge in [-0.25, -0.2) is 4.98 Å². The van der Waals surface area contributed by atoms with Crippen LogP contribution in [0.3, 0.4) is 0 Å². The normalized spacial score (nSPS) is 27.1. The first-order valence-corrected chi connectivity index (χ1v) is 8.17. The predicted octanol–water partition coefficient (Wildman–Crippen LogP) is 2.62. The van der Waals surface area contributed by atoms with E-state index in [-0.39, 0.29) is 0 Å². The minimum absolute atomic E-state index is 0.571. The number of hydrogen-bond acceptors (Lipinski definition) is 4. The van der Waals surface area contributed by atoms with Crippen molar-refractivity contribution >= 4 is 22.1 Å². The average molecular weight is 276 g/mol. The van der Waals surface area contributed by atoms with Gasteiger partial charge in [-0.1, -0.05) is 6.42 Å². The molecular formula is C14H20N4S. The van der Waals surface area contributed by atoms with E-state index < -0.39 is 0 Å². The van der Waals surface area contributed by atoms with E-state index >= 15 is 0 Å². The van der Waals surface area contributed by atoms with Crippen LogP contribution in [-0.4, -0.2) is 22.0 Å². The van der Waals surface area contributed by atoms with E-state index in [1.807, 2.05) is 0 Å². The molecule has 1 aliphatic heterocycles. The summed E-state index contributed by atoms with van der Waals surface area (Å²) in [6.07, 6.45) is 8.92. The van der Waals surface area contributed by atoms with E-state index in [4.69, 9.17) is 10.7 Å². The molecule has 2 aliphatic rings. The number of imidazole rings is 1. The minimum Gasteiger partial charge on any atom is -0.352 e. The molecule has 2 unspecified atom stereocenters. The fraction of sp³-hybridized carbons (Fsp3) is 0.643. The van der Waals surface area contributed by atoms with Crippen LogP contribution in [0.2, 0.25) is 0 Å². The molecule has 2 atom stereocenters. The second-order valence-electron chi connectivity index (χ2n) is 5.74. The molecule has 2 fully saturated rings. The maximum atomic E-state index is 5.98. The van der Waals surface area contributed by atoms with E-state index in [9.17, 15) is 0 Å². The van der Waals surface area contributed by atoms with Gasteiger partial charge in [0.1, 0.15) is 0 Å². The first-order chi connectivity index (χ1) is 9.38. The van der Waals surface area contributed by atoms with E-state index in [1.165, 1.54) is 37.8 Å². The third-order valence-electron chi connectivity index (χ3n) is 4.80. The molecular weight excluding hydrogens is 256 g/mol. The fourth-order valence-electron chi connectivity index (χ4n) is 3.96. The number of piperidine rings is 1. The number of nitrogens with zero attached hydrogens (tertiary/aromatic N) is 3. The van der Waals surface area contributed by atoms with E-state index in [1.54, 1.807) is 11.3 Å². The van der Waals surface area contributed by atoms with Crippen LogP contribution in [0.25, 0.3) is 4.96 Å². The Bertz CT molecular complexity index is 587. The number of thiazole rings is 1. The van der Waals surface area contributed by atoms with Crippen molar-refractivity contribution in [3.8, 4) is 0 Å². The van der Waals surface area contributed by atoms with E-state index in [0.717, 1.165) is 23.2 Å². The van der Waals surface area contributed by atoms with Crippen LogP contribution in [0.15, 0.2) is 11.6 Å². The number of nitrogens with two attached hydrogens (primary N) is 1. The molecule has 0 aromatic carbocycles. The van der Waals surface area contributed by atoms with Crippen molar-refractivity contribution in [1.29, 1.82) is 0 Å². The summed E-state index contributed by atoms with van der Waals surface area (Å²) in [7, 11) is 0. The molecule has 2 aromatic heterocycles. The highest BCUT2D eigenvalue weighted by molar-refractivity contribution is 7.15. The molecule has 5 heteroatoms. The highest BCUT2D eigenvalue weighted by Gasteiger charge is 2.37. The summed E-state index contributed by atoms with van der Waals surface area (Å²) in [5, 5.41) is 2.08. The smallest absolute Gasteiger partial charge is 0.195 e. The summed E-state index contributed by atoms with van der Waals surface area (Å²) in [4.78, 5) is 8.49. The number of hydrogen-bond donors (Lipinski definition) is 1. The van der Waals surface area contributed by atoms with Crippen LogP contribution in [-0.2, 0) is 6.54 Å². The van der Waals surface area contributed by atoms with Crippen molar-refractivity contribution in [3.63, 3.8) is 0 Å². The molecule has 2 aromatic rings. The first kappa shape index (κ1) is 11.7. The highest BCUT2D eigenvalue weighted by atomic mass is 32.1. The Kier molecular flexibility index (Phi) is 2.77. The lowest BCUT2D eigenvalue weighted by Crippen LogP contribution is -2.43. The summed E-state index contributed by atoms with van der Waals surface area (Å²) in [5.41, 5.74) is 7.17. The quantitative estimate of drug-likeness (QED) is 0.917. The molecule has 4 nitrogen and oxygen atoms in total. The largest absolute Gasteiger partial charge is 0.352 e. The second-order valence-corrected chi connectivity index (χ2v) is 6.61. The molecule has 1 saturated heterocycles. The van der Waals surface area contributed by atoms with Gasteiger partial charge in [-0.15, -0.1) is 11.3 Å². The van der Waals surface area contributed by atoms with Crippen molar-refractivity contribution in [2.45, 2.75) is 44.7 Å². The molecule has 1 aliphatic carbocycles. The van der Waals surface area contributed by atoms with Crippen molar-refractivity contribution in [2.75, 3.05) is 11.4 Å². The second kappa shape index (κ2) is 4.49. The lowest BCUT2D eigenvalue weighted by atomic mass is 9.92. The van der Waals surface area contributed by atoms with E-state index in [2.05, 4.69) is 20.9 Å². The summed E-state index contributed by atoms with van der Waals surface area (Å²) in [6.45, 7) is 1.72. The molecule has 19 heavy (non-hydrogen) atoms. The molecule has 0 bridgehead atoms. The first-order valence-electron chi connectivity index (χ1n) is 7.29. The summed E-state index contributed by atoms with van der Waals surface area (Å²) < 4.78 is 2.17. The van der Waals surface area contributed by atoms with Crippen molar-refractivity contribution in [3.05, 3.63) is 17.3 Å². The zero-order valence-electron chi connectivity index (χ0n) is 11.1. The van der Waals surface area contributed by atoms with Crippen LogP contribution in [0.5, 0.6) is 0 Å². The SMILES string of the molecule is NCc1c(N2CCCC3CCCC32)nc2sccn12. The van der Waals surface area contributed by atoms with Gasteiger partial charge < -0.3 is 10.6 Å². The molecule has 0 spiro atoms. The molecule has 2 N–H and O–H groups in total. The maximum absolute atomic E-state index is 5.98. The standard InChI is InChI=1S/C14H20N4S/c15-9-12-13(16-14-18(12)7-8-19-14)17-6-2-4-10-3-1-5-11(10)17/h7-8,10-11H,1-6,9,15H2. The summed E-state index contributed by atoms with van der Waals surface area (Å²) >= 11 is 1.70. The lowest BCUT2D eigenvalue weighted by Gasteiger charge is -2.38. The van der Waals surface area contributed by atoms with Gasteiger partial charge in [0, 0.05) is 30.7 Å². The maximum Gasteiger partial charge on any atom is 0.195 e. The lowest BCUT2D eigenvalue weighted by molar-refractivity contribution is 0.360. The zero-order valence-corrected chi connectivity index (χ0v) is 11.9. The molecule has 1 saturated carbocycles. The van der Waals surface area contributed by atoms with Crippen LogP contribution in [0.1, 0.15) is 37.8 Å².